The van der Waals surface area contributed by atoms with Crippen molar-refractivity contribution >= 4 is 0 Å². The Labute approximate surface area is 74.3 Å². The summed E-state index contributed by atoms with van der Waals surface area (Å²) in [7, 11) is 0. The summed E-state index contributed by atoms with van der Waals surface area (Å²) in [5, 5.41) is 3.60. The van der Waals surface area contributed by atoms with Gasteiger partial charge in [-0.05, 0) is 37.3 Å². The van der Waals surface area contributed by atoms with E-state index in [1.807, 2.05) is 0 Å². The van der Waals surface area contributed by atoms with Gasteiger partial charge in [0.2, 0.25) is 0 Å². The summed E-state index contributed by atoms with van der Waals surface area (Å²) in [5.41, 5.74) is 0.719. The van der Waals surface area contributed by atoms with Gasteiger partial charge < -0.3 is 0 Å². The van der Waals surface area contributed by atoms with Crippen molar-refractivity contribution in [3.63, 3.8) is 0 Å². The van der Waals surface area contributed by atoms with Crippen molar-refractivity contribution in [1.82, 2.24) is 5.32 Å². The highest BCUT2D eigenvalue weighted by Crippen LogP contribution is 2.36. The van der Waals surface area contributed by atoms with Crippen molar-refractivity contribution in [1.29, 1.82) is 0 Å². The predicted molar refractivity (Wildman–Crippen MR) is 41.8 cm³/mol. The van der Waals surface area contributed by atoms with E-state index >= 15 is 0 Å². The monoisotopic (exact) mass is 188 g/mol. The molecule has 0 aromatic rings. The van der Waals surface area contributed by atoms with Gasteiger partial charge in [-0.2, -0.15) is 13.2 Å². The van der Waals surface area contributed by atoms with Crippen molar-refractivity contribution in [3.05, 3.63) is 23.0 Å². The van der Waals surface area contributed by atoms with Gasteiger partial charge >= 0.3 is 6.18 Å². The summed E-state index contributed by atoms with van der Waals surface area (Å²) >= 11 is 0. The second-order valence-electron chi connectivity index (χ2n) is 3.32. The minimum atomic E-state index is -4.28. The molecule has 1 heterocycles. The van der Waals surface area contributed by atoms with Crippen LogP contribution >= 0.6 is 0 Å². The van der Waals surface area contributed by atoms with Gasteiger partial charge in [-0.1, -0.05) is 0 Å². The third-order valence-corrected chi connectivity index (χ3v) is 2.34. The van der Waals surface area contributed by atoms with Crippen LogP contribution in [0.25, 0.3) is 0 Å². The maximum Gasteiger partial charge on any atom is 0.433 e. The number of rotatable bonds is 0. The molecule has 0 saturated carbocycles. The molecule has 0 bridgehead atoms. The molecule has 1 radical (unpaired) electrons. The van der Waals surface area contributed by atoms with Gasteiger partial charge in [0, 0.05) is 5.70 Å². The lowest BCUT2D eigenvalue weighted by atomic mass is 9.98. The lowest BCUT2D eigenvalue weighted by Crippen LogP contribution is -2.18. The normalized spacial score (nSPS) is 22.5. The summed E-state index contributed by atoms with van der Waals surface area (Å²) in [4.78, 5) is 0. The molecule has 0 spiro atoms. The molecule has 71 valence electrons. The highest BCUT2D eigenvalue weighted by Gasteiger charge is 2.39. The van der Waals surface area contributed by atoms with Crippen LogP contribution in [0.5, 0.6) is 0 Å². The topological polar surface area (TPSA) is 14.1 Å². The van der Waals surface area contributed by atoms with Gasteiger partial charge in [0.05, 0.1) is 0 Å². The molecule has 2 aliphatic rings. The summed E-state index contributed by atoms with van der Waals surface area (Å²) in [5.74, 6) is 0. The zero-order valence-electron chi connectivity index (χ0n) is 6.99. The standard InChI is InChI=1S/C9H9F3N/c10-9(11,12)8-5-6-3-1-2-4-7(6)13-8/h5H,1-4H2. The van der Waals surface area contributed by atoms with E-state index in [2.05, 4.69) is 5.32 Å². The van der Waals surface area contributed by atoms with Crippen LogP contribution in [-0.4, -0.2) is 6.18 Å². The van der Waals surface area contributed by atoms with Gasteiger partial charge in [-0.15, -0.1) is 0 Å². The Morgan fingerprint density at radius 2 is 1.85 bits per heavy atom. The molecular formula is C9H9F3N. The SMILES string of the molecule is FC(F)(F)C1=CC2=C(CCCC2)[N]1. The number of nitrogens with zero attached hydrogens (tertiary/aromatic N) is 1. The summed E-state index contributed by atoms with van der Waals surface area (Å²) in [6, 6.07) is 0. The number of hydrogen-bond acceptors (Lipinski definition) is 0. The molecule has 0 amide bonds. The first-order valence-corrected chi connectivity index (χ1v) is 4.30. The van der Waals surface area contributed by atoms with Crippen LogP contribution in [0, 0.1) is 0 Å². The third kappa shape index (κ3) is 1.57. The first-order chi connectivity index (χ1) is 6.07. The first-order valence-electron chi connectivity index (χ1n) is 4.30. The molecule has 0 aromatic heterocycles. The zero-order valence-corrected chi connectivity index (χ0v) is 6.99. The van der Waals surface area contributed by atoms with E-state index in [0.29, 0.717) is 12.1 Å². The van der Waals surface area contributed by atoms with Crippen LogP contribution in [0.2, 0.25) is 0 Å². The fourth-order valence-corrected chi connectivity index (χ4v) is 1.68. The third-order valence-electron chi connectivity index (χ3n) is 2.34. The molecule has 4 heteroatoms. The maximum absolute atomic E-state index is 12.2. The van der Waals surface area contributed by atoms with E-state index < -0.39 is 11.9 Å². The highest BCUT2D eigenvalue weighted by atomic mass is 19.4. The smallest absolute Gasteiger partial charge is 0.248 e. The Balaban J connectivity index is 2.17. The van der Waals surface area contributed by atoms with E-state index in [9.17, 15) is 13.2 Å². The van der Waals surface area contributed by atoms with E-state index in [0.717, 1.165) is 24.8 Å². The number of allylic oxidation sites excluding steroid dienone is 4. The molecule has 0 atom stereocenters. The van der Waals surface area contributed by atoms with Gasteiger partial charge in [-0.25, -0.2) is 5.32 Å². The minimum absolute atomic E-state index is 0.651. The molecule has 0 aromatic carbocycles. The van der Waals surface area contributed by atoms with Crippen molar-refractivity contribution in [2.24, 2.45) is 0 Å². The molecule has 0 N–H and O–H groups in total. The van der Waals surface area contributed by atoms with Crippen molar-refractivity contribution in [2.45, 2.75) is 31.9 Å². The fraction of sp³-hybridized carbons (Fsp3) is 0.556. The maximum atomic E-state index is 12.2. The van der Waals surface area contributed by atoms with Crippen LogP contribution < -0.4 is 5.32 Å². The molecule has 0 fully saturated rings. The fourth-order valence-electron chi connectivity index (χ4n) is 1.68. The molecule has 2 rings (SSSR count). The van der Waals surface area contributed by atoms with E-state index in [1.54, 1.807) is 0 Å². The van der Waals surface area contributed by atoms with Gasteiger partial charge in [0.1, 0.15) is 5.70 Å². The van der Waals surface area contributed by atoms with E-state index in [-0.39, 0.29) is 0 Å². The molecule has 1 aliphatic heterocycles. The summed E-state index contributed by atoms with van der Waals surface area (Å²) < 4.78 is 36.6. The van der Waals surface area contributed by atoms with Gasteiger partial charge in [-0.3, -0.25) is 0 Å². The van der Waals surface area contributed by atoms with Crippen molar-refractivity contribution in [3.8, 4) is 0 Å². The summed E-state index contributed by atoms with van der Waals surface area (Å²) in [6.07, 6.45) is 0.299. The summed E-state index contributed by atoms with van der Waals surface area (Å²) in [6.45, 7) is 0. The zero-order chi connectivity index (χ0) is 9.47. The molecule has 1 aliphatic carbocycles. The van der Waals surface area contributed by atoms with Crippen LogP contribution in [-0.2, 0) is 0 Å². The van der Waals surface area contributed by atoms with Crippen molar-refractivity contribution in [2.75, 3.05) is 0 Å². The van der Waals surface area contributed by atoms with Gasteiger partial charge in [0.25, 0.3) is 0 Å². The first kappa shape index (κ1) is 8.66. The van der Waals surface area contributed by atoms with E-state index in [1.165, 1.54) is 6.08 Å². The quantitative estimate of drug-likeness (QED) is 0.555. The second-order valence-corrected chi connectivity index (χ2v) is 3.32. The van der Waals surface area contributed by atoms with Gasteiger partial charge in [0.15, 0.2) is 0 Å². The van der Waals surface area contributed by atoms with Crippen LogP contribution in [0.15, 0.2) is 23.0 Å². The average molecular weight is 188 g/mol. The molecule has 0 saturated heterocycles. The molecule has 13 heavy (non-hydrogen) atoms. The lowest BCUT2D eigenvalue weighted by Gasteiger charge is -2.12. The highest BCUT2D eigenvalue weighted by molar-refractivity contribution is 5.39. The Bertz CT molecular complexity index is 286. The van der Waals surface area contributed by atoms with Crippen LogP contribution in [0.3, 0.4) is 0 Å². The van der Waals surface area contributed by atoms with E-state index in [4.69, 9.17) is 0 Å². The number of halogens is 3. The Morgan fingerprint density at radius 1 is 1.15 bits per heavy atom. The van der Waals surface area contributed by atoms with Crippen LogP contribution in [0.4, 0.5) is 13.2 Å². The predicted octanol–water partition coefficient (Wildman–Crippen LogP) is 2.88. The second kappa shape index (κ2) is 2.79. The van der Waals surface area contributed by atoms with Crippen LogP contribution in [0.1, 0.15) is 25.7 Å². The minimum Gasteiger partial charge on any atom is -0.248 e. The molecule has 0 unspecified atom stereocenters. The largest absolute Gasteiger partial charge is 0.433 e. The lowest BCUT2D eigenvalue weighted by molar-refractivity contribution is -0.0957. The molecular weight excluding hydrogens is 179 g/mol. The number of hydrogen-bond donors (Lipinski definition) is 0. The number of alkyl halides is 3. The Hall–Kier alpha value is -0.930. The Morgan fingerprint density at radius 3 is 2.46 bits per heavy atom. The average Bonchev–Trinajstić information content (AvgIpc) is 2.45. The molecule has 1 nitrogen and oxygen atoms in total. The Kier molecular flexibility index (Phi) is 1.86. The van der Waals surface area contributed by atoms with Crippen molar-refractivity contribution < 1.29 is 13.2 Å².